The number of benzene rings is 1. The van der Waals surface area contributed by atoms with Gasteiger partial charge in [-0.15, -0.1) is 0 Å². The fraction of sp³-hybridized carbons (Fsp3) is 0.583. The number of rotatable bonds is 3. The highest BCUT2D eigenvalue weighted by Crippen LogP contribution is 2.36. The summed E-state index contributed by atoms with van der Waals surface area (Å²) in [6.07, 6.45) is 9.98. The van der Waals surface area contributed by atoms with E-state index in [0.717, 1.165) is 57.2 Å². The summed E-state index contributed by atoms with van der Waals surface area (Å²) in [5, 5.41) is 0. The molecule has 1 saturated heterocycles. The van der Waals surface area contributed by atoms with Crippen LogP contribution in [0.25, 0.3) is 5.57 Å². The van der Waals surface area contributed by atoms with Crippen molar-refractivity contribution in [2.24, 2.45) is 5.92 Å². The quantitative estimate of drug-likeness (QED) is 0.719. The average Bonchev–Trinajstić information content (AvgIpc) is 2.94. The van der Waals surface area contributed by atoms with Gasteiger partial charge in [0, 0.05) is 19.1 Å². The molecular formula is C24H32N2O2. The minimum Gasteiger partial charge on any atom is -0.366 e. The van der Waals surface area contributed by atoms with Crippen LogP contribution in [-0.2, 0) is 9.59 Å². The smallest absolute Gasteiger partial charge is 0.278 e. The summed E-state index contributed by atoms with van der Waals surface area (Å²) in [5.74, 6) is 0.560. The second kappa shape index (κ2) is 8.50. The Morgan fingerprint density at radius 2 is 1.39 bits per heavy atom. The minimum atomic E-state index is -0.0737. The Hall–Kier alpha value is -2.10. The van der Waals surface area contributed by atoms with Crippen molar-refractivity contribution in [3.8, 4) is 0 Å². The molecular weight excluding hydrogens is 348 g/mol. The fourth-order valence-corrected chi connectivity index (χ4v) is 4.95. The molecule has 0 radical (unpaired) electrons. The summed E-state index contributed by atoms with van der Waals surface area (Å²) in [7, 11) is 0. The molecule has 0 bridgehead atoms. The molecule has 1 aromatic rings. The summed E-state index contributed by atoms with van der Waals surface area (Å²) >= 11 is 0. The summed E-state index contributed by atoms with van der Waals surface area (Å²) in [6, 6.07) is 9.85. The van der Waals surface area contributed by atoms with Gasteiger partial charge in [-0.3, -0.25) is 14.5 Å². The molecule has 0 aromatic heterocycles. The lowest BCUT2D eigenvalue weighted by molar-refractivity contribution is -0.140. The van der Waals surface area contributed by atoms with Crippen LogP contribution in [0, 0.1) is 5.92 Å². The summed E-state index contributed by atoms with van der Waals surface area (Å²) in [6.45, 7) is 4.00. The summed E-state index contributed by atoms with van der Waals surface area (Å²) in [5.41, 5.74) is 2.16. The lowest BCUT2D eigenvalue weighted by Crippen LogP contribution is -2.43. The molecule has 4 nitrogen and oxygen atoms in total. The molecule has 4 heteroatoms. The van der Waals surface area contributed by atoms with E-state index in [2.05, 4.69) is 11.8 Å². The third-order valence-electron chi connectivity index (χ3n) is 6.69. The normalized spacial score (nSPS) is 23.3. The van der Waals surface area contributed by atoms with Gasteiger partial charge in [0.25, 0.3) is 11.8 Å². The lowest BCUT2D eigenvalue weighted by Gasteiger charge is -2.33. The van der Waals surface area contributed by atoms with Crippen molar-refractivity contribution in [3.05, 3.63) is 41.6 Å². The van der Waals surface area contributed by atoms with E-state index in [4.69, 9.17) is 0 Å². The van der Waals surface area contributed by atoms with Crippen molar-refractivity contribution in [3.63, 3.8) is 0 Å². The van der Waals surface area contributed by atoms with Gasteiger partial charge in [-0.2, -0.15) is 0 Å². The maximum atomic E-state index is 13.6. The van der Waals surface area contributed by atoms with Gasteiger partial charge in [0.15, 0.2) is 0 Å². The molecule has 0 atom stereocenters. The predicted molar refractivity (Wildman–Crippen MR) is 111 cm³/mol. The van der Waals surface area contributed by atoms with Gasteiger partial charge in [-0.25, -0.2) is 0 Å². The Kier molecular flexibility index (Phi) is 5.84. The van der Waals surface area contributed by atoms with Crippen LogP contribution in [0.5, 0.6) is 0 Å². The first kappa shape index (κ1) is 19.2. The maximum absolute atomic E-state index is 13.6. The van der Waals surface area contributed by atoms with Crippen molar-refractivity contribution in [1.82, 2.24) is 9.80 Å². The van der Waals surface area contributed by atoms with Crippen LogP contribution in [0.3, 0.4) is 0 Å². The number of hydrogen-bond donors (Lipinski definition) is 0. The van der Waals surface area contributed by atoms with Gasteiger partial charge in [0.05, 0.1) is 5.57 Å². The van der Waals surface area contributed by atoms with Crippen molar-refractivity contribution in [2.45, 2.75) is 70.8 Å². The first-order chi connectivity index (χ1) is 13.7. The van der Waals surface area contributed by atoms with E-state index < -0.39 is 0 Å². The Morgan fingerprint density at radius 3 is 2.04 bits per heavy atom. The number of nitrogens with zero attached hydrogens (tertiary/aromatic N) is 2. The minimum absolute atomic E-state index is 0.0519. The number of likely N-dealkylation sites (tertiary alicyclic amines) is 1. The molecule has 1 aromatic carbocycles. The molecule has 1 aliphatic carbocycles. The Morgan fingerprint density at radius 1 is 0.786 bits per heavy atom. The molecule has 2 amide bonds. The largest absolute Gasteiger partial charge is 0.366 e. The van der Waals surface area contributed by atoms with Crippen molar-refractivity contribution >= 4 is 17.4 Å². The highest BCUT2D eigenvalue weighted by Gasteiger charge is 2.44. The lowest BCUT2D eigenvalue weighted by atomic mass is 9.95. The topological polar surface area (TPSA) is 40.6 Å². The molecule has 1 saturated carbocycles. The number of carbonyl (C=O) groups excluding carboxylic acids is 2. The molecule has 150 valence electrons. The first-order valence-electron chi connectivity index (χ1n) is 11.1. The number of imide groups is 1. The van der Waals surface area contributed by atoms with Crippen molar-refractivity contribution in [2.75, 3.05) is 13.1 Å². The van der Waals surface area contributed by atoms with Gasteiger partial charge < -0.3 is 4.90 Å². The molecule has 2 heterocycles. The maximum Gasteiger partial charge on any atom is 0.278 e. The number of hydrogen-bond acceptors (Lipinski definition) is 3. The van der Waals surface area contributed by atoms with E-state index >= 15 is 0 Å². The average molecular weight is 381 g/mol. The molecule has 4 rings (SSSR count). The van der Waals surface area contributed by atoms with Crippen LogP contribution in [0.1, 0.15) is 70.3 Å². The van der Waals surface area contributed by atoms with E-state index in [1.807, 2.05) is 30.3 Å². The molecule has 2 aliphatic heterocycles. The van der Waals surface area contributed by atoms with Gasteiger partial charge in [-0.1, -0.05) is 69.4 Å². The number of amides is 2. The first-order valence-corrected chi connectivity index (χ1v) is 11.1. The van der Waals surface area contributed by atoms with Crippen molar-refractivity contribution in [1.29, 1.82) is 0 Å². The highest BCUT2D eigenvalue weighted by molar-refractivity contribution is 6.35. The molecule has 28 heavy (non-hydrogen) atoms. The van der Waals surface area contributed by atoms with Crippen LogP contribution < -0.4 is 0 Å². The second-order valence-electron chi connectivity index (χ2n) is 8.74. The van der Waals surface area contributed by atoms with Crippen LogP contribution in [0.15, 0.2) is 36.0 Å². The Bertz CT molecular complexity index is 739. The van der Waals surface area contributed by atoms with Crippen LogP contribution in [-0.4, -0.2) is 40.7 Å². The zero-order valence-electron chi connectivity index (χ0n) is 17.0. The predicted octanol–water partition coefficient (Wildman–Crippen LogP) is 4.61. The molecule has 0 unspecified atom stereocenters. The van der Waals surface area contributed by atoms with Crippen LogP contribution in [0.4, 0.5) is 0 Å². The number of piperidine rings is 1. The zero-order chi connectivity index (χ0) is 19.5. The van der Waals surface area contributed by atoms with Gasteiger partial charge in [0.2, 0.25) is 0 Å². The third-order valence-corrected chi connectivity index (χ3v) is 6.69. The highest BCUT2D eigenvalue weighted by atomic mass is 16.2. The number of carbonyl (C=O) groups is 2. The van der Waals surface area contributed by atoms with Crippen molar-refractivity contribution < 1.29 is 9.59 Å². The van der Waals surface area contributed by atoms with E-state index in [9.17, 15) is 9.59 Å². The van der Waals surface area contributed by atoms with E-state index in [0.29, 0.717) is 17.2 Å². The SMILES string of the molecule is CC1CCN(C2=C(c3ccccc3)C(=O)N(C3CCCCCCC3)C2=O)CC1. The molecule has 2 fully saturated rings. The Balaban J connectivity index is 1.69. The van der Waals surface area contributed by atoms with Gasteiger partial charge >= 0.3 is 0 Å². The second-order valence-corrected chi connectivity index (χ2v) is 8.74. The monoisotopic (exact) mass is 380 g/mol. The molecule has 0 N–H and O–H groups in total. The third kappa shape index (κ3) is 3.74. The van der Waals surface area contributed by atoms with Crippen LogP contribution >= 0.6 is 0 Å². The standard InChI is InChI=1S/C24H32N2O2/c1-18-14-16-25(17-15-18)22-21(19-10-6-5-7-11-19)23(27)26(24(22)28)20-12-8-3-2-4-9-13-20/h5-7,10-11,18,20H,2-4,8-9,12-17H2,1H3. The molecule has 3 aliphatic rings. The van der Waals surface area contributed by atoms with Gasteiger partial charge in [-0.05, 0) is 37.2 Å². The Labute approximate surface area is 168 Å². The summed E-state index contributed by atoms with van der Waals surface area (Å²) in [4.78, 5) is 30.9. The van der Waals surface area contributed by atoms with Crippen LogP contribution in [0.2, 0.25) is 0 Å². The van der Waals surface area contributed by atoms with E-state index in [1.165, 1.54) is 19.3 Å². The zero-order valence-corrected chi connectivity index (χ0v) is 17.0. The van der Waals surface area contributed by atoms with Gasteiger partial charge in [0.1, 0.15) is 5.70 Å². The fourth-order valence-electron chi connectivity index (χ4n) is 4.95. The van der Waals surface area contributed by atoms with E-state index in [1.54, 1.807) is 4.90 Å². The molecule has 0 spiro atoms. The van der Waals surface area contributed by atoms with E-state index in [-0.39, 0.29) is 17.9 Å². The summed E-state index contributed by atoms with van der Waals surface area (Å²) < 4.78 is 0.